The van der Waals surface area contributed by atoms with Gasteiger partial charge in [-0.2, -0.15) is 0 Å². The number of carbonyl (C=O) groups is 2. The summed E-state index contributed by atoms with van der Waals surface area (Å²) in [4.78, 5) is 22.7. The normalized spacial score (nSPS) is 18.1. The van der Waals surface area contributed by atoms with Gasteiger partial charge >= 0.3 is 6.03 Å². The lowest BCUT2D eigenvalue weighted by molar-refractivity contribution is -0.122. The van der Waals surface area contributed by atoms with Crippen LogP contribution in [-0.4, -0.2) is 25.0 Å². The second-order valence-electron chi connectivity index (χ2n) is 5.46. The molecule has 1 aliphatic heterocycles. The SMILES string of the molecule is CC(NC(=O)CC1CCNC1)c1ccc(NC(N)=O)cc1.Cl. The van der Waals surface area contributed by atoms with E-state index in [0.29, 0.717) is 18.0 Å². The molecule has 22 heavy (non-hydrogen) atoms. The highest BCUT2D eigenvalue weighted by Crippen LogP contribution is 2.17. The lowest BCUT2D eigenvalue weighted by Crippen LogP contribution is -2.28. The maximum Gasteiger partial charge on any atom is 0.316 e. The molecule has 3 amide bonds. The maximum atomic E-state index is 12.0. The lowest BCUT2D eigenvalue weighted by atomic mass is 10.0. The first-order valence-electron chi connectivity index (χ1n) is 7.21. The number of halogens is 1. The number of nitrogens with two attached hydrogens (primary N) is 1. The van der Waals surface area contributed by atoms with Gasteiger partial charge in [-0.25, -0.2) is 4.79 Å². The average molecular weight is 327 g/mol. The average Bonchev–Trinajstić information content (AvgIpc) is 2.91. The Kier molecular flexibility index (Phi) is 7.14. The van der Waals surface area contributed by atoms with Crippen LogP contribution in [0.2, 0.25) is 0 Å². The van der Waals surface area contributed by atoms with Gasteiger partial charge in [0, 0.05) is 12.1 Å². The van der Waals surface area contributed by atoms with Crippen molar-refractivity contribution >= 4 is 30.0 Å². The predicted octanol–water partition coefficient (Wildman–Crippen LogP) is 1.78. The van der Waals surface area contributed by atoms with Crippen LogP contribution in [0.4, 0.5) is 10.5 Å². The highest BCUT2D eigenvalue weighted by atomic mass is 35.5. The molecule has 6 nitrogen and oxygen atoms in total. The molecule has 0 spiro atoms. The summed E-state index contributed by atoms with van der Waals surface area (Å²) in [5.41, 5.74) is 6.68. The third-order valence-electron chi connectivity index (χ3n) is 3.69. The number of hydrogen-bond acceptors (Lipinski definition) is 3. The minimum atomic E-state index is -0.589. The molecule has 0 bridgehead atoms. The van der Waals surface area contributed by atoms with Crippen LogP contribution >= 0.6 is 12.4 Å². The summed E-state index contributed by atoms with van der Waals surface area (Å²) in [6, 6.07) is 6.62. The van der Waals surface area contributed by atoms with Crippen LogP contribution in [-0.2, 0) is 4.79 Å². The zero-order valence-corrected chi connectivity index (χ0v) is 13.4. The van der Waals surface area contributed by atoms with Crippen molar-refractivity contribution in [2.45, 2.75) is 25.8 Å². The highest BCUT2D eigenvalue weighted by molar-refractivity contribution is 5.87. The van der Waals surface area contributed by atoms with Crippen LogP contribution in [0.1, 0.15) is 31.4 Å². The van der Waals surface area contributed by atoms with Crippen molar-refractivity contribution in [3.05, 3.63) is 29.8 Å². The van der Waals surface area contributed by atoms with Crippen LogP contribution in [0.25, 0.3) is 0 Å². The minimum absolute atomic E-state index is 0. The van der Waals surface area contributed by atoms with E-state index < -0.39 is 6.03 Å². The molecule has 1 saturated heterocycles. The number of primary amides is 1. The summed E-state index contributed by atoms with van der Waals surface area (Å²) >= 11 is 0. The van der Waals surface area contributed by atoms with Crippen molar-refractivity contribution in [2.24, 2.45) is 11.7 Å². The van der Waals surface area contributed by atoms with Crippen molar-refractivity contribution < 1.29 is 9.59 Å². The standard InChI is InChI=1S/C15H22N4O2.ClH/c1-10(18-14(20)8-11-6-7-17-9-11)12-2-4-13(5-3-12)19-15(16)21;/h2-5,10-11,17H,6-9H2,1H3,(H,18,20)(H3,16,19,21);1H. The maximum absolute atomic E-state index is 12.0. The summed E-state index contributed by atoms with van der Waals surface area (Å²) in [6.07, 6.45) is 1.63. The molecule has 7 heteroatoms. The Morgan fingerprint density at radius 1 is 1.36 bits per heavy atom. The molecule has 2 atom stereocenters. The van der Waals surface area contributed by atoms with E-state index in [1.165, 1.54) is 0 Å². The zero-order valence-electron chi connectivity index (χ0n) is 12.6. The van der Waals surface area contributed by atoms with Crippen molar-refractivity contribution in [3.8, 4) is 0 Å². The van der Waals surface area contributed by atoms with Gasteiger partial charge in [-0.1, -0.05) is 12.1 Å². The molecule has 2 rings (SSSR count). The summed E-state index contributed by atoms with van der Waals surface area (Å²) in [7, 11) is 0. The number of anilines is 1. The van der Waals surface area contributed by atoms with Crippen LogP contribution in [0, 0.1) is 5.92 Å². The molecular weight excluding hydrogens is 304 g/mol. The Bertz CT molecular complexity index is 501. The van der Waals surface area contributed by atoms with Gasteiger partial charge in [0.2, 0.25) is 5.91 Å². The molecule has 2 unspecified atom stereocenters. The van der Waals surface area contributed by atoms with Crippen molar-refractivity contribution in [2.75, 3.05) is 18.4 Å². The minimum Gasteiger partial charge on any atom is -0.351 e. The van der Waals surface area contributed by atoms with Gasteiger partial charge in [-0.05, 0) is 50.0 Å². The molecule has 0 radical (unpaired) electrons. The number of benzene rings is 1. The summed E-state index contributed by atoms with van der Waals surface area (Å²) in [5, 5.41) is 8.77. The van der Waals surface area contributed by atoms with E-state index in [1.54, 1.807) is 12.1 Å². The number of hydrogen-bond donors (Lipinski definition) is 4. The lowest BCUT2D eigenvalue weighted by Gasteiger charge is -2.16. The van der Waals surface area contributed by atoms with Gasteiger partial charge in [0.05, 0.1) is 6.04 Å². The fourth-order valence-electron chi connectivity index (χ4n) is 2.53. The Morgan fingerprint density at radius 2 is 2.05 bits per heavy atom. The quantitative estimate of drug-likeness (QED) is 0.664. The van der Waals surface area contributed by atoms with Crippen molar-refractivity contribution in [3.63, 3.8) is 0 Å². The molecule has 1 heterocycles. The van der Waals surface area contributed by atoms with Crippen LogP contribution in [0.5, 0.6) is 0 Å². The second-order valence-corrected chi connectivity index (χ2v) is 5.46. The van der Waals surface area contributed by atoms with Gasteiger partial charge in [-0.15, -0.1) is 12.4 Å². The number of urea groups is 1. The third kappa shape index (κ3) is 5.54. The Morgan fingerprint density at radius 3 is 2.59 bits per heavy atom. The van der Waals surface area contributed by atoms with Gasteiger partial charge < -0.3 is 21.7 Å². The van der Waals surface area contributed by atoms with E-state index in [-0.39, 0.29) is 24.4 Å². The predicted molar refractivity (Wildman–Crippen MR) is 89.0 cm³/mol. The van der Waals surface area contributed by atoms with E-state index in [4.69, 9.17) is 5.73 Å². The Labute approximate surface area is 136 Å². The fraction of sp³-hybridized carbons (Fsp3) is 0.467. The molecule has 0 aromatic heterocycles. The van der Waals surface area contributed by atoms with Gasteiger partial charge in [0.1, 0.15) is 0 Å². The van der Waals surface area contributed by atoms with E-state index in [2.05, 4.69) is 16.0 Å². The summed E-state index contributed by atoms with van der Waals surface area (Å²) < 4.78 is 0. The van der Waals surface area contributed by atoms with E-state index >= 15 is 0 Å². The zero-order chi connectivity index (χ0) is 15.2. The molecule has 0 aliphatic carbocycles. The van der Waals surface area contributed by atoms with Crippen LogP contribution < -0.4 is 21.7 Å². The number of carbonyl (C=O) groups excluding carboxylic acids is 2. The van der Waals surface area contributed by atoms with E-state index in [1.807, 2.05) is 19.1 Å². The molecule has 1 aromatic rings. The molecule has 1 aromatic carbocycles. The fourth-order valence-corrected chi connectivity index (χ4v) is 2.53. The van der Waals surface area contributed by atoms with Crippen LogP contribution in [0.3, 0.4) is 0 Å². The van der Waals surface area contributed by atoms with Gasteiger partial charge in [-0.3, -0.25) is 4.79 Å². The number of nitrogens with one attached hydrogen (secondary N) is 3. The molecule has 0 saturated carbocycles. The topological polar surface area (TPSA) is 96.2 Å². The molecule has 122 valence electrons. The second kappa shape index (κ2) is 8.60. The van der Waals surface area contributed by atoms with E-state index in [0.717, 1.165) is 25.1 Å². The van der Waals surface area contributed by atoms with Crippen LogP contribution in [0.15, 0.2) is 24.3 Å². The van der Waals surface area contributed by atoms with Gasteiger partial charge in [0.15, 0.2) is 0 Å². The first-order valence-corrected chi connectivity index (χ1v) is 7.21. The molecular formula is C15H23ClN4O2. The number of amides is 3. The van der Waals surface area contributed by atoms with Gasteiger partial charge in [0.25, 0.3) is 0 Å². The first kappa shape index (κ1) is 18.3. The number of rotatable bonds is 5. The third-order valence-corrected chi connectivity index (χ3v) is 3.69. The molecule has 1 fully saturated rings. The smallest absolute Gasteiger partial charge is 0.316 e. The Balaban J connectivity index is 0.00000242. The Hall–Kier alpha value is -1.79. The van der Waals surface area contributed by atoms with E-state index in [9.17, 15) is 9.59 Å². The molecule has 1 aliphatic rings. The van der Waals surface area contributed by atoms with Crippen molar-refractivity contribution in [1.29, 1.82) is 0 Å². The van der Waals surface area contributed by atoms with Crippen molar-refractivity contribution in [1.82, 2.24) is 10.6 Å². The first-order chi connectivity index (χ1) is 10.0. The summed E-state index contributed by atoms with van der Waals surface area (Å²) in [5.74, 6) is 0.523. The molecule has 5 N–H and O–H groups in total. The largest absolute Gasteiger partial charge is 0.351 e. The monoisotopic (exact) mass is 326 g/mol. The highest BCUT2D eigenvalue weighted by Gasteiger charge is 2.19. The summed E-state index contributed by atoms with van der Waals surface area (Å²) in [6.45, 7) is 3.87.